The third-order valence-corrected chi connectivity index (χ3v) is 4.51. The van der Waals surface area contributed by atoms with E-state index in [-0.39, 0.29) is 5.92 Å². The lowest BCUT2D eigenvalue weighted by molar-refractivity contribution is 0.142. The van der Waals surface area contributed by atoms with Gasteiger partial charge in [0.05, 0.1) is 6.10 Å². The highest BCUT2D eigenvalue weighted by Gasteiger charge is 2.22. The minimum Gasteiger partial charge on any atom is -0.388 e. The second-order valence-corrected chi connectivity index (χ2v) is 5.75. The summed E-state index contributed by atoms with van der Waals surface area (Å²) in [5.41, 5.74) is 5.20. The fourth-order valence-corrected chi connectivity index (χ4v) is 3.35. The van der Waals surface area contributed by atoms with Crippen LogP contribution in [0.3, 0.4) is 0 Å². The monoisotopic (exact) mass is 266 g/mol. The van der Waals surface area contributed by atoms with Crippen LogP contribution in [0.5, 0.6) is 0 Å². The first kappa shape index (κ1) is 13.4. The van der Waals surface area contributed by atoms with Crippen LogP contribution in [0, 0.1) is 0 Å². The number of aliphatic hydroxyl groups excluding tert-OH is 1. The molecule has 1 nitrogen and oxygen atoms in total. The largest absolute Gasteiger partial charge is 0.388 e. The van der Waals surface area contributed by atoms with Gasteiger partial charge in [-0.3, -0.25) is 0 Å². The van der Waals surface area contributed by atoms with E-state index in [0.717, 1.165) is 18.4 Å². The van der Waals surface area contributed by atoms with Crippen LogP contribution in [0.15, 0.2) is 48.5 Å². The maximum Gasteiger partial charge on any atom is 0.0858 e. The minimum absolute atomic E-state index is 0.177. The predicted molar refractivity (Wildman–Crippen MR) is 82.9 cm³/mol. The number of benzene rings is 2. The van der Waals surface area contributed by atoms with E-state index in [1.807, 2.05) is 18.2 Å². The van der Waals surface area contributed by atoms with Crippen molar-refractivity contribution in [3.8, 4) is 0 Å². The zero-order valence-corrected chi connectivity index (χ0v) is 12.0. The summed E-state index contributed by atoms with van der Waals surface area (Å²) in [5, 5.41) is 10.8. The van der Waals surface area contributed by atoms with Gasteiger partial charge in [-0.25, -0.2) is 0 Å². The first-order valence-corrected chi connectivity index (χ1v) is 7.64. The molecule has 0 amide bonds. The van der Waals surface area contributed by atoms with Crippen molar-refractivity contribution in [3.05, 3.63) is 70.8 Å². The molecule has 2 unspecified atom stereocenters. The molecule has 1 aliphatic rings. The summed E-state index contributed by atoms with van der Waals surface area (Å²) in [7, 11) is 0. The fraction of sp³-hybridized carbons (Fsp3) is 0.368. The summed E-state index contributed by atoms with van der Waals surface area (Å²) in [4.78, 5) is 0. The molecule has 0 bridgehead atoms. The molecule has 0 aromatic heterocycles. The van der Waals surface area contributed by atoms with Crippen LogP contribution in [0.2, 0.25) is 0 Å². The van der Waals surface area contributed by atoms with Crippen LogP contribution in [0.25, 0.3) is 0 Å². The molecule has 0 radical (unpaired) electrons. The molecule has 2 atom stereocenters. The Hall–Kier alpha value is -1.60. The van der Waals surface area contributed by atoms with Gasteiger partial charge in [-0.05, 0) is 47.9 Å². The average molecular weight is 266 g/mol. The lowest BCUT2D eigenvalue weighted by Crippen LogP contribution is -2.10. The molecule has 0 aliphatic heterocycles. The molecular weight excluding hydrogens is 244 g/mol. The Morgan fingerprint density at radius 1 is 0.950 bits per heavy atom. The molecular formula is C19H22O. The van der Waals surface area contributed by atoms with Gasteiger partial charge in [0.15, 0.2) is 0 Å². The molecule has 0 saturated carbocycles. The second-order valence-electron chi connectivity index (χ2n) is 5.75. The van der Waals surface area contributed by atoms with Gasteiger partial charge < -0.3 is 5.11 Å². The van der Waals surface area contributed by atoms with Crippen molar-refractivity contribution in [1.82, 2.24) is 0 Å². The van der Waals surface area contributed by atoms with Crippen LogP contribution in [-0.4, -0.2) is 5.11 Å². The molecule has 0 heterocycles. The molecule has 1 heteroatoms. The Balaban J connectivity index is 1.89. The molecule has 0 saturated heterocycles. The van der Waals surface area contributed by atoms with Crippen molar-refractivity contribution >= 4 is 0 Å². The molecule has 2 aromatic carbocycles. The number of fused-ring (bicyclic) bond motifs is 1. The predicted octanol–water partition coefficient (Wildman–Crippen LogP) is 4.40. The van der Waals surface area contributed by atoms with E-state index >= 15 is 0 Å². The number of aliphatic hydroxyl groups is 1. The van der Waals surface area contributed by atoms with Crippen molar-refractivity contribution in [2.45, 2.75) is 44.6 Å². The topological polar surface area (TPSA) is 20.2 Å². The highest BCUT2D eigenvalue weighted by molar-refractivity contribution is 5.37. The summed E-state index contributed by atoms with van der Waals surface area (Å²) < 4.78 is 0. The van der Waals surface area contributed by atoms with Gasteiger partial charge in [0, 0.05) is 5.92 Å². The normalized spacial score (nSPS) is 16.7. The van der Waals surface area contributed by atoms with Crippen molar-refractivity contribution in [2.75, 3.05) is 0 Å². The van der Waals surface area contributed by atoms with Crippen LogP contribution in [0.4, 0.5) is 0 Å². The lowest BCUT2D eigenvalue weighted by Gasteiger charge is -2.23. The summed E-state index contributed by atoms with van der Waals surface area (Å²) in [6, 6.07) is 16.9. The third-order valence-electron chi connectivity index (χ3n) is 4.51. The highest BCUT2D eigenvalue weighted by Crippen LogP contribution is 2.35. The van der Waals surface area contributed by atoms with Crippen molar-refractivity contribution in [2.24, 2.45) is 0 Å². The second kappa shape index (κ2) is 5.80. The Bertz CT molecular complexity index is 574. The van der Waals surface area contributed by atoms with Crippen LogP contribution >= 0.6 is 0 Å². The average Bonchev–Trinajstić information content (AvgIpc) is 2.96. The standard InChI is InChI=1S/C19H22O/c1-2-18(15-7-4-3-5-8-15)19(20)17-12-11-14-9-6-10-16(14)13-17/h3-5,7-8,11-13,18-20H,2,6,9-10H2,1H3. The summed E-state index contributed by atoms with van der Waals surface area (Å²) in [6.07, 6.45) is 4.15. The molecule has 0 fully saturated rings. The first-order chi connectivity index (χ1) is 9.79. The Morgan fingerprint density at radius 3 is 2.45 bits per heavy atom. The van der Waals surface area contributed by atoms with E-state index in [0.29, 0.717) is 0 Å². The minimum atomic E-state index is -0.409. The number of hydrogen-bond donors (Lipinski definition) is 1. The molecule has 1 aliphatic carbocycles. The molecule has 0 spiro atoms. The SMILES string of the molecule is CCC(c1ccccc1)C(O)c1ccc2c(c1)CCC2. The van der Waals surface area contributed by atoms with Crippen molar-refractivity contribution in [1.29, 1.82) is 0 Å². The smallest absolute Gasteiger partial charge is 0.0858 e. The van der Waals surface area contributed by atoms with Crippen LogP contribution < -0.4 is 0 Å². The first-order valence-electron chi connectivity index (χ1n) is 7.64. The van der Waals surface area contributed by atoms with E-state index < -0.39 is 6.10 Å². The third kappa shape index (κ3) is 2.51. The van der Waals surface area contributed by atoms with Gasteiger partial charge in [-0.15, -0.1) is 0 Å². The Morgan fingerprint density at radius 2 is 1.70 bits per heavy atom. The van der Waals surface area contributed by atoms with Gasteiger partial charge >= 0.3 is 0 Å². The lowest BCUT2D eigenvalue weighted by atomic mass is 9.86. The molecule has 1 N–H and O–H groups in total. The number of hydrogen-bond acceptors (Lipinski definition) is 1. The van der Waals surface area contributed by atoms with E-state index in [9.17, 15) is 5.11 Å². The number of aryl methyl sites for hydroxylation is 2. The summed E-state index contributed by atoms with van der Waals surface area (Å²) >= 11 is 0. The molecule has 104 valence electrons. The Kier molecular flexibility index (Phi) is 3.88. The van der Waals surface area contributed by atoms with E-state index in [2.05, 4.69) is 37.3 Å². The van der Waals surface area contributed by atoms with E-state index in [4.69, 9.17) is 0 Å². The van der Waals surface area contributed by atoms with Gasteiger partial charge in [0.2, 0.25) is 0 Å². The van der Waals surface area contributed by atoms with Crippen LogP contribution in [-0.2, 0) is 12.8 Å². The van der Waals surface area contributed by atoms with Crippen molar-refractivity contribution < 1.29 is 5.11 Å². The molecule has 2 aromatic rings. The van der Waals surface area contributed by atoms with Crippen LogP contribution in [0.1, 0.15) is 54.0 Å². The van der Waals surface area contributed by atoms with Gasteiger partial charge in [-0.1, -0.05) is 55.5 Å². The van der Waals surface area contributed by atoms with Gasteiger partial charge in [0.1, 0.15) is 0 Å². The van der Waals surface area contributed by atoms with Gasteiger partial charge in [0.25, 0.3) is 0 Å². The summed E-state index contributed by atoms with van der Waals surface area (Å²) in [6.45, 7) is 2.15. The van der Waals surface area contributed by atoms with Gasteiger partial charge in [-0.2, -0.15) is 0 Å². The zero-order valence-electron chi connectivity index (χ0n) is 12.0. The van der Waals surface area contributed by atoms with Crippen molar-refractivity contribution in [3.63, 3.8) is 0 Å². The quantitative estimate of drug-likeness (QED) is 0.869. The zero-order chi connectivity index (χ0) is 13.9. The van der Waals surface area contributed by atoms with E-state index in [1.165, 1.54) is 29.5 Å². The molecule has 3 rings (SSSR count). The number of rotatable bonds is 4. The maximum atomic E-state index is 10.8. The maximum absolute atomic E-state index is 10.8. The van der Waals surface area contributed by atoms with E-state index in [1.54, 1.807) is 0 Å². The highest BCUT2D eigenvalue weighted by atomic mass is 16.3. The molecule has 20 heavy (non-hydrogen) atoms. The Labute approximate surface area is 121 Å². The summed E-state index contributed by atoms with van der Waals surface area (Å²) in [5.74, 6) is 0.177. The fourth-order valence-electron chi connectivity index (χ4n) is 3.35.